The molecule has 2 saturated carbocycles. The van der Waals surface area contributed by atoms with Gasteiger partial charge in [-0.15, -0.1) is 0 Å². The number of aliphatic hydroxyl groups excluding tert-OH is 2. The molecule has 1 heterocycles. The van der Waals surface area contributed by atoms with Gasteiger partial charge in [-0.1, -0.05) is 0 Å². The van der Waals surface area contributed by atoms with E-state index in [-0.39, 0.29) is 30.4 Å². The SMILES string of the molecule is NC(=O)c1cnc(N[C@H]2CC[C@H](O)C2)nc1NC1CCC(CO)CC1. The average Bonchev–Trinajstić information content (AvgIpc) is 3.00. The van der Waals surface area contributed by atoms with E-state index in [1.807, 2.05) is 0 Å². The van der Waals surface area contributed by atoms with Gasteiger partial charge in [0.15, 0.2) is 0 Å². The van der Waals surface area contributed by atoms with Crippen molar-refractivity contribution in [3.63, 3.8) is 0 Å². The molecule has 1 aromatic heterocycles. The van der Waals surface area contributed by atoms with Gasteiger partial charge in [0.25, 0.3) is 5.91 Å². The first-order valence-electron chi connectivity index (χ1n) is 9.04. The number of nitrogens with one attached hydrogen (secondary N) is 2. The summed E-state index contributed by atoms with van der Waals surface area (Å²) in [6, 6.07) is 0.347. The van der Waals surface area contributed by atoms with Crippen LogP contribution < -0.4 is 16.4 Å². The molecule has 8 heteroatoms. The fraction of sp³-hybridized carbons (Fsp3) is 0.706. The summed E-state index contributed by atoms with van der Waals surface area (Å²) in [6.07, 6.45) is 7.25. The summed E-state index contributed by atoms with van der Waals surface area (Å²) in [4.78, 5) is 20.3. The standard InChI is InChI=1S/C17H27N5O3/c18-15(25)14-8-19-17(21-12-5-6-13(24)7-12)22-16(14)20-11-3-1-10(9-23)2-4-11/h8,10-13,23-24H,1-7,9H2,(H2,18,25)(H2,19,20,21,22)/t10?,11?,12-,13-/m0/s1. The second-order valence-electron chi connectivity index (χ2n) is 7.17. The Labute approximate surface area is 147 Å². The zero-order chi connectivity index (χ0) is 17.8. The number of anilines is 2. The maximum absolute atomic E-state index is 11.7. The van der Waals surface area contributed by atoms with Crippen LogP contribution in [0.5, 0.6) is 0 Å². The Bertz CT molecular complexity index is 604. The molecule has 0 aromatic carbocycles. The van der Waals surface area contributed by atoms with Crippen molar-refractivity contribution in [3.05, 3.63) is 11.8 Å². The molecule has 138 valence electrons. The smallest absolute Gasteiger partial charge is 0.254 e. The molecule has 1 amide bonds. The summed E-state index contributed by atoms with van der Waals surface area (Å²) < 4.78 is 0. The van der Waals surface area contributed by atoms with Crippen LogP contribution in [0.15, 0.2) is 6.20 Å². The lowest BCUT2D eigenvalue weighted by molar-refractivity contribution is 0.100. The molecular weight excluding hydrogens is 322 g/mol. The largest absolute Gasteiger partial charge is 0.396 e. The number of aliphatic hydroxyl groups is 2. The molecule has 2 fully saturated rings. The fourth-order valence-corrected chi connectivity index (χ4v) is 3.70. The first kappa shape index (κ1) is 17.9. The van der Waals surface area contributed by atoms with E-state index in [0.29, 0.717) is 24.1 Å². The number of primary amides is 1. The van der Waals surface area contributed by atoms with Crippen LogP contribution in [0.25, 0.3) is 0 Å². The van der Waals surface area contributed by atoms with E-state index < -0.39 is 5.91 Å². The number of hydrogen-bond acceptors (Lipinski definition) is 7. The molecule has 0 unspecified atom stereocenters. The van der Waals surface area contributed by atoms with Gasteiger partial charge in [0.05, 0.1) is 11.7 Å². The highest BCUT2D eigenvalue weighted by molar-refractivity contribution is 5.97. The maximum atomic E-state index is 11.7. The minimum Gasteiger partial charge on any atom is -0.396 e. The van der Waals surface area contributed by atoms with Crippen molar-refractivity contribution in [2.24, 2.45) is 11.7 Å². The molecule has 0 radical (unpaired) electrons. The summed E-state index contributed by atoms with van der Waals surface area (Å²) in [5, 5.41) is 25.4. The van der Waals surface area contributed by atoms with Crippen LogP contribution in [0.4, 0.5) is 11.8 Å². The van der Waals surface area contributed by atoms with Crippen molar-refractivity contribution in [3.8, 4) is 0 Å². The van der Waals surface area contributed by atoms with Crippen LogP contribution in [0.2, 0.25) is 0 Å². The summed E-state index contributed by atoms with van der Waals surface area (Å²) in [6.45, 7) is 0.230. The predicted molar refractivity (Wildman–Crippen MR) is 94.3 cm³/mol. The van der Waals surface area contributed by atoms with E-state index in [1.54, 1.807) is 0 Å². The third-order valence-electron chi connectivity index (χ3n) is 5.24. The van der Waals surface area contributed by atoms with Crippen LogP contribution in [0.1, 0.15) is 55.3 Å². The Kier molecular flexibility index (Phi) is 5.70. The van der Waals surface area contributed by atoms with Crippen molar-refractivity contribution in [2.75, 3.05) is 17.2 Å². The van der Waals surface area contributed by atoms with E-state index >= 15 is 0 Å². The summed E-state index contributed by atoms with van der Waals surface area (Å²) >= 11 is 0. The minimum atomic E-state index is -0.561. The van der Waals surface area contributed by atoms with Crippen molar-refractivity contribution in [1.82, 2.24) is 9.97 Å². The van der Waals surface area contributed by atoms with Crippen LogP contribution in [0.3, 0.4) is 0 Å². The van der Waals surface area contributed by atoms with Gasteiger partial charge in [-0.3, -0.25) is 4.79 Å². The highest BCUT2D eigenvalue weighted by Gasteiger charge is 2.25. The quantitative estimate of drug-likeness (QED) is 0.514. The van der Waals surface area contributed by atoms with Gasteiger partial charge in [0, 0.05) is 24.9 Å². The molecule has 2 atom stereocenters. The molecule has 0 spiro atoms. The third-order valence-corrected chi connectivity index (χ3v) is 5.24. The van der Waals surface area contributed by atoms with Crippen molar-refractivity contribution in [1.29, 1.82) is 0 Å². The van der Waals surface area contributed by atoms with Crippen LogP contribution in [-0.2, 0) is 0 Å². The summed E-state index contributed by atoms with van der Waals surface area (Å²) in [7, 11) is 0. The van der Waals surface area contributed by atoms with Crippen molar-refractivity contribution in [2.45, 2.75) is 63.1 Å². The van der Waals surface area contributed by atoms with Gasteiger partial charge in [0.1, 0.15) is 5.82 Å². The Morgan fingerprint density at radius 3 is 2.48 bits per heavy atom. The lowest BCUT2D eigenvalue weighted by Gasteiger charge is -2.28. The van der Waals surface area contributed by atoms with Gasteiger partial charge in [-0.2, -0.15) is 4.98 Å². The average molecular weight is 349 g/mol. The van der Waals surface area contributed by atoms with Crippen molar-refractivity contribution >= 4 is 17.7 Å². The van der Waals surface area contributed by atoms with E-state index in [9.17, 15) is 15.0 Å². The Balaban J connectivity index is 1.69. The van der Waals surface area contributed by atoms with Crippen LogP contribution in [0, 0.1) is 5.92 Å². The molecular formula is C17H27N5O3. The number of aromatic nitrogens is 2. The predicted octanol–water partition coefficient (Wildman–Crippen LogP) is 0.864. The van der Waals surface area contributed by atoms with Gasteiger partial charge >= 0.3 is 0 Å². The highest BCUT2D eigenvalue weighted by Crippen LogP contribution is 2.27. The Hall–Kier alpha value is -1.93. The topological polar surface area (TPSA) is 133 Å². The highest BCUT2D eigenvalue weighted by atomic mass is 16.3. The maximum Gasteiger partial charge on any atom is 0.254 e. The normalized spacial score (nSPS) is 29.4. The van der Waals surface area contributed by atoms with E-state index in [0.717, 1.165) is 38.5 Å². The first-order chi connectivity index (χ1) is 12.0. The van der Waals surface area contributed by atoms with Crippen LogP contribution in [-0.4, -0.2) is 50.9 Å². The molecule has 2 aliphatic rings. The molecule has 1 aromatic rings. The molecule has 0 aliphatic heterocycles. The lowest BCUT2D eigenvalue weighted by atomic mass is 9.86. The van der Waals surface area contributed by atoms with Gasteiger partial charge in [-0.25, -0.2) is 4.98 Å². The number of nitrogens with two attached hydrogens (primary N) is 1. The zero-order valence-electron chi connectivity index (χ0n) is 14.3. The van der Waals surface area contributed by atoms with Gasteiger partial charge < -0.3 is 26.6 Å². The molecule has 3 rings (SSSR count). The van der Waals surface area contributed by atoms with E-state index in [1.165, 1.54) is 6.20 Å². The van der Waals surface area contributed by atoms with Crippen molar-refractivity contribution < 1.29 is 15.0 Å². The number of amides is 1. The minimum absolute atomic E-state index is 0.141. The second kappa shape index (κ2) is 7.97. The molecule has 25 heavy (non-hydrogen) atoms. The third kappa shape index (κ3) is 4.58. The molecule has 0 saturated heterocycles. The number of carbonyl (C=O) groups is 1. The molecule has 8 nitrogen and oxygen atoms in total. The summed E-state index contributed by atoms with van der Waals surface area (Å²) in [5.74, 6) is 0.700. The van der Waals surface area contributed by atoms with E-state index in [2.05, 4.69) is 20.6 Å². The van der Waals surface area contributed by atoms with Gasteiger partial charge in [-0.05, 0) is 50.9 Å². The molecule has 0 bridgehead atoms. The van der Waals surface area contributed by atoms with Gasteiger partial charge in [0.2, 0.25) is 5.95 Å². The number of rotatable bonds is 6. The lowest BCUT2D eigenvalue weighted by Crippen LogP contribution is -2.29. The first-order valence-corrected chi connectivity index (χ1v) is 9.04. The molecule has 2 aliphatic carbocycles. The number of carbonyl (C=O) groups excluding carboxylic acids is 1. The monoisotopic (exact) mass is 349 g/mol. The fourth-order valence-electron chi connectivity index (χ4n) is 3.70. The van der Waals surface area contributed by atoms with Crippen LogP contribution >= 0.6 is 0 Å². The van der Waals surface area contributed by atoms with E-state index in [4.69, 9.17) is 5.73 Å². The Morgan fingerprint density at radius 2 is 1.88 bits per heavy atom. The Morgan fingerprint density at radius 1 is 1.16 bits per heavy atom. The number of nitrogens with zero attached hydrogens (tertiary/aromatic N) is 2. The molecule has 6 N–H and O–H groups in total. The zero-order valence-corrected chi connectivity index (χ0v) is 14.3. The number of hydrogen-bond donors (Lipinski definition) is 5. The second-order valence-corrected chi connectivity index (χ2v) is 7.17. The summed E-state index contributed by atoms with van der Waals surface area (Å²) in [5.41, 5.74) is 5.73.